The van der Waals surface area contributed by atoms with Gasteiger partial charge in [0.05, 0.1) is 17.6 Å². The number of nitro groups is 1. The van der Waals surface area contributed by atoms with E-state index < -0.39 is 40.7 Å². The normalized spacial score (nSPS) is 13.2. The summed E-state index contributed by atoms with van der Waals surface area (Å²) in [6.07, 6.45) is -6.74. The Morgan fingerprint density at radius 1 is 1.17 bits per heavy atom. The maximum atomic E-state index is 12.6. The number of aliphatic hydroxyl groups excluding tert-OH is 1. The number of benzene rings is 2. The number of esters is 1. The van der Waals surface area contributed by atoms with Crippen LogP contribution in [0.5, 0.6) is 0 Å². The van der Waals surface area contributed by atoms with Crippen molar-refractivity contribution in [1.29, 1.82) is 0 Å². The number of halogens is 3. The number of hydrogen-bond acceptors (Lipinski definition) is 6. The predicted octanol–water partition coefficient (Wildman–Crippen LogP) is 2.55. The Bertz CT molecular complexity index is 931. The van der Waals surface area contributed by atoms with Crippen molar-refractivity contribution in [3.8, 4) is 0 Å². The summed E-state index contributed by atoms with van der Waals surface area (Å²) in [5.41, 5.74) is -1.22. The highest BCUT2D eigenvalue weighted by Crippen LogP contribution is 2.30. The van der Waals surface area contributed by atoms with Crippen molar-refractivity contribution >= 4 is 17.6 Å². The number of methoxy groups -OCH3 is 1. The number of hydrogen-bond donors (Lipinski definition) is 2. The van der Waals surface area contributed by atoms with Gasteiger partial charge < -0.3 is 15.2 Å². The van der Waals surface area contributed by atoms with Crippen LogP contribution < -0.4 is 5.32 Å². The first-order valence-corrected chi connectivity index (χ1v) is 8.50. The monoisotopic (exact) mass is 426 g/mol. The van der Waals surface area contributed by atoms with Crippen molar-refractivity contribution in [3.63, 3.8) is 0 Å². The number of nitrogens with zero attached hydrogens (tertiary/aromatic N) is 1. The number of ether oxygens (including phenoxy) is 1. The average molecular weight is 426 g/mol. The van der Waals surface area contributed by atoms with Crippen molar-refractivity contribution in [2.45, 2.75) is 24.7 Å². The Balaban J connectivity index is 2.19. The van der Waals surface area contributed by atoms with Crippen LogP contribution in [0.2, 0.25) is 0 Å². The predicted molar refractivity (Wildman–Crippen MR) is 97.2 cm³/mol. The summed E-state index contributed by atoms with van der Waals surface area (Å²) in [6.45, 7) is 0. The van der Waals surface area contributed by atoms with Crippen molar-refractivity contribution in [2.75, 3.05) is 7.11 Å². The van der Waals surface area contributed by atoms with Gasteiger partial charge in [-0.2, -0.15) is 13.2 Å². The zero-order valence-electron chi connectivity index (χ0n) is 15.6. The number of aliphatic hydroxyl groups is 1. The molecule has 0 radical (unpaired) electrons. The van der Waals surface area contributed by atoms with Crippen molar-refractivity contribution < 1.29 is 37.5 Å². The number of rotatable bonds is 7. The Labute approximate surface area is 168 Å². The number of nitrogens with one attached hydrogen (secondary N) is 1. The van der Waals surface area contributed by atoms with Crippen LogP contribution in [0.1, 0.15) is 22.8 Å². The maximum absolute atomic E-state index is 12.6. The first kappa shape index (κ1) is 22.8. The molecule has 0 fully saturated rings. The van der Waals surface area contributed by atoms with Crippen LogP contribution in [-0.2, 0) is 26.9 Å². The van der Waals surface area contributed by atoms with Crippen LogP contribution in [0.3, 0.4) is 0 Å². The van der Waals surface area contributed by atoms with Gasteiger partial charge in [-0.05, 0) is 17.7 Å². The second kappa shape index (κ2) is 9.35. The minimum atomic E-state index is -4.58. The lowest BCUT2D eigenvalue weighted by Gasteiger charge is -2.19. The lowest BCUT2D eigenvalue weighted by molar-refractivity contribution is -0.385. The standard InChI is InChI=1S/C19H17F3N2O6/c1-30-18(27)14(10-12-4-2-3-5-15(12)24(28)29)23-17(26)16(25)11-6-8-13(9-7-11)19(20,21)22/h2-9,14,16,25H,10H2,1H3,(H,23,26)/t14-,16-/m0/s1. The molecular weight excluding hydrogens is 409 g/mol. The molecule has 30 heavy (non-hydrogen) atoms. The van der Waals surface area contributed by atoms with Gasteiger partial charge in [-0.15, -0.1) is 0 Å². The smallest absolute Gasteiger partial charge is 0.416 e. The van der Waals surface area contributed by atoms with E-state index in [1.54, 1.807) is 0 Å². The van der Waals surface area contributed by atoms with Gasteiger partial charge >= 0.3 is 12.1 Å². The lowest BCUT2D eigenvalue weighted by Crippen LogP contribution is -2.45. The molecule has 2 aromatic carbocycles. The van der Waals surface area contributed by atoms with Gasteiger partial charge in [0.25, 0.3) is 11.6 Å². The lowest BCUT2D eigenvalue weighted by atomic mass is 10.0. The molecule has 0 saturated carbocycles. The van der Waals surface area contributed by atoms with Crippen LogP contribution in [-0.4, -0.2) is 35.1 Å². The van der Waals surface area contributed by atoms with Crippen LogP contribution in [0.4, 0.5) is 18.9 Å². The highest BCUT2D eigenvalue weighted by Gasteiger charge is 2.31. The molecular formula is C19H17F3N2O6. The second-order valence-electron chi connectivity index (χ2n) is 6.20. The molecule has 8 nitrogen and oxygen atoms in total. The number of nitro benzene ring substituents is 1. The molecule has 0 spiro atoms. The molecule has 0 bridgehead atoms. The Morgan fingerprint density at radius 3 is 2.30 bits per heavy atom. The zero-order chi connectivity index (χ0) is 22.5. The van der Waals surface area contributed by atoms with Crippen LogP contribution >= 0.6 is 0 Å². The molecule has 11 heteroatoms. The summed E-state index contributed by atoms with van der Waals surface area (Å²) in [5, 5.41) is 23.5. The van der Waals surface area contributed by atoms with Crippen LogP contribution in [0, 0.1) is 10.1 Å². The largest absolute Gasteiger partial charge is 0.467 e. The van der Waals surface area contributed by atoms with Gasteiger partial charge in [0.15, 0.2) is 6.10 Å². The number of amides is 1. The van der Waals surface area contributed by atoms with Gasteiger partial charge in [0, 0.05) is 18.1 Å². The molecule has 0 aliphatic carbocycles. The molecule has 0 aliphatic heterocycles. The van der Waals surface area contributed by atoms with Crippen LogP contribution in [0.25, 0.3) is 0 Å². The van der Waals surface area contributed by atoms with Gasteiger partial charge in [-0.1, -0.05) is 30.3 Å². The third-order valence-electron chi connectivity index (χ3n) is 4.22. The summed E-state index contributed by atoms with van der Waals surface area (Å²) >= 11 is 0. The Hall–Kier alpha value is -3.47. The van der Waals surface area contributed by atoms with E-state index >= 15 is 0 Å². The summed E-state index contributed by atoms with van der Waals surface area (Å²) in [6, 6.07) is 7.47. The average Bonchev–Trinajstić information content (AvgIpc) is 2.71. The van der Waals surface area contributed by atoms with Gasteiger partial charge in [0.1, 0.15) is 6.04 Å². The highest BCUT2D eigenvalue weighted by molar-refractivity contribution is 5.87. The summed E-state index contributed by atoms with van der Waals surface area (Å²) in [7, 11) is 1.05. The minimum absolute atomic E-state index is 0.130. The second-order valence-corrected chi connectivity index (χ2v) is 6.20. The van der Waals surface area contributed by atoms with Crippen LogP contribution in [0.15, 0.2) is 48.5 Å². The fourth-order valence-electron chi connectivity index (χ4n) is 2.67. The van der Waals surface area contributed by atoms with E-state index in [2.05, 4.69) is 10.1 Å². The van der Waals surface area contributed by atoms with E-state index in [0.29, 0.717) is 12.1 Å². The van der Waals surface area contributed by atoms with Crippen molar-refractivity contribution in [1.82, 2.24) is 5.32 Å². The molecule has 2 atom stereocenters. The molecule has 0 heterocycles. The Kier molecular flexibility index (Phi) is 7.11. The molecule has 0 aromatic heterocycles. The van der Waals surface area contributed by atoms with Gasteiger partial charge in [0.2, 0.25) is 0 Å². The molecule has 2 rings (SSSR count). The number of carbonyl (C=O) groups excluding carboxylic acids is 2. The van der Waals surface area contributed by atoms with Crippen molar-refractivity contribution in [3.05, 3.63) is 75.3 Å². The van der Waals surface area contributed by atoms with Crippen molar-refractivity contribution in [2.24, 2.45) is 0 Å². The highest BCUT2D eigenvalue weighted by atomic mass is 19.4. The van der Waals surface area contributed by atoms with Gasteiger partial charge in [-0.25, -0.2) is 4.79 Å². The fourth-order valence-corrected chi connectivity index (χ4v) is 2.67. The quantitative estimate of drug-likeness (QED) is 0.399. The number of para-hydroxylation sites is 1. The van der Waals surface area contributed by atoms with E-state index in [9.17, 15) is 38.0 Å². The summed E-state index contributed by atoms with van der Waals surface area (Å²) in [4.78, 5) is 34.9. The maximum Gasteiger partial charge on any atom is 0.416 e. The summed E-state index contributed by atoms with van der Waals surface area (Å²) in [5.74, 6) is -2.00. The molecule has 0 aliphatic rings. The topological polar surface area (TPSA) is 119 Å². The molecule has 0 saturated heterocycles. The molecule has 1 amide bonds. The van der Waals surface area contributed by atoms with E-state index in [4.69, 9.17) is 0 Å². The van der Waals surface area contributed by atoms with E-state index in [1.807, 2.05) is 0 Å². The molecule has 2 aromatic rings. The SMILES string of the molecule is COC(=O)[C@H](Cc1ccccc1[N+](=O)[O-])NC(=O)[C@@H](O)c1ccc(C(F)(F)F)cc1. The van der Waals surface area contributed by atoms with E-state index in [-0.39, 0.29) is 23.2 Å². The van der Waals surface area contributed by atoms with E-state index in [0.717, 1.165) is 19.2 Å². The molecule has 160 valence electrons. The fraction of sp³-hybridized carbons (Fsp3) is 0.263. The zero-order valence-corrected chi connectivity index (χ0v) is 15.6. The third kappa shape index (κ3) is 5.54. The Morgan fingerprint density at radius 2 is 1.77 bits per heavy atom. The number of carbonyl (C=O) groups is 2. The van der Waals surface area contributed by atoms with E-state index in [1.165, 1.54) is 24.3 Å². The summed E-state index contributed by atoms with van der Waals surface area (Å²) < 4.78 is 42.5. The first-order valence-electron chi connectivity index (χ1n) is 8.50. The molecule has 2 N–H and O–H groups in total. The molecule has 0 unspecified atom stereocenters. The third-order valence-corrected chi connectivity index (χ3v) is 4.22. The first-order chi connectivity index (χ1) is 14.0. The minimum Gasteiger partial charge on any atom is -0.467 e. The number of alkyl halides is 3. The van der Waals surface area contributed by atoms with Gasteiger partial charge in [-0.3, -0.25) is 14.9 Å².